The van der Waals surface area contributed by atoms with Crippen molar-refractivity contribution in [2.75, 3.05) is 0 Å². The third-order valence-electron chi connectivity index (χ3n) is 1.41. The fraction of sp³-hybridized carbons (Fsp3) is 0.500. The molecule has 0 bridgehead atoms. The summed E-state index contributed by atoms with van der Waals surface area (Å²) in [6.07, 6.45) is 1.78. The van der Waals surface area contributed by atoms with Crippen LogP contribution in [0.2, 0.25) is 0 Å². The van der Waals surface area contributed by atoms with Crippen LogP contribution in [0.3, 0.4) is 0 Å². The Morgan fingerprint density at radius 2 is 2.17 bits per heavy atom. The fourth-order valence-electron chi connectivity index (χ4n) is 0.510. The lowest BCUT2D eigenvalue weighted by Gasteiger charge is -1.94. The first-order valence-corrected chi connectivity index (χ1v) is 3.36. The molecule has 5 nitrogen and oxygen atoms in total. The van der Waals surface area contributed by atoms with Crippen LogP contribution >= 0.6 is 0 Å². The molecule has 0 aromatic rings. The van der Waals surface area contributed by atoms with Crippen LogP contribution in [0.25, 0.3) is 0 Å². The first-order chi connectivity index (χ1) is 5.53. The van der Waals surface area contributed by atoms with Gasteiger partial charge >= 0.3 is 11.8 Å². The molecule has 0 saturated heterocycles. The van der Waals surface area contributed by atoms with E-state index in [1.807, 2.05) is 0 Å². The Labute approximate surface area is 67.8 Å². The molecule has 12 heavy (non-hydrogen) atoms. The molecule has 6 heteroatoms. The van der Waals surface area contributed by atoms with E-state index < -0.39 is 17.5 Å². The van der Waals surface area contributed by atoms with E-state index in [1.165, 1.54) is 0 Å². The summed E-state index contributed by atoms with van der Waals surface area (Å²) in [5.41, 5.74) is 4.99. The van der Waals surface area contributed by atoms with E-state index in [4.69, 9.17) is 0 Å². The minimum Gasteiger partial charge on any atom is -0.361 e. The molecule has 1 fully saturated rings. The zero-order valence-corrected chi connectivity index (χ0v) is 6.21. The maximum Gasteiger partial charge on any atom is 0.329 e. The van der Waals surface area contributed by atoms with Crippen molar-refractivity contribution in [3.05, 3.63) is 0 Å². The number of primary amides is 1. The molecule has 0 spiro atoms. The normalized spacial score (nSPS) is 19.1. The summed E-state index contributed by atoms with van der Waals surface area (Å²) < 4.78 is 12.7. The highest BCUT2D eigenvalue weighted by atomic mass is 19.1. The molecule has 0 unspecified atom stereocenters. The van der Waals surface area contributed by atoms with Gasteiger partial charge in [-0.1, -0.05) is 0 Å². The first kappa shape index (κ1) is 8.63. The van der Waals surface area contributed by atoms with Gasteiger partial charge in [0.25, 0.3) is 0 Å². The molecule has 0 atom stereocenters. The van der Waals surface area contributed by atoms with E-state index in [2.05, 4.69) is 10.8 Å². The lowest BCUT2D eigenvalue weighted by Crippen LogP contribution is -2.33. The summed E-state index contributed by atoms with van der Waals surface area (Å²) in [5.74, 6) is -2.19. The average Bonchev–Trinajstić information content (AvgIpc) is 2.68. The van der Waals surface area contributed by atoms with Gasteiger partial charge in [0.2, 0.25) is 0 Å². The zero-order chi connectivity index (χ0) is 9.19. The highest BCUT2D eigenvalue weighted by Gasteiger charge is 2.41. The second-order valence-corrected chi connectivity index (χ2v) is 2.60. The van der Waals surface area contributed by atoms with Crippen LogP contribution in [0, 0.1) is 0 Å². The number of rotatable bonds is 2. The topological polar surface area (TPSA) is 84.5 Å². The van der Waals surface area contributed by atoms with E-state index in [9.17, 15) is 14.0 Å². The third kappa shape index (κ3) is 2.30. The number of carbonyl (C=O) groups excluding carboxylic acids is 2. The van der Waals surface area contributed by atoms with E-state index in [-0.39, 0.29) is 0 Å². The molecular formula is C6H8FN3O2. The summed E-state index contributed by atoms with van der Waals surface area (Å²) in [7, 11) is 0. The van der Waals surface area contributed by atoms with Gasteiger partial charge in [-0.3, -0.25) is 9.59 Å². The number of nitrogens with zero attached hydrogens (tertiary/aromatic N) is 1. The predicted molar refractivity (Wildman–Crippen MR) is 38.9 cm³/mol. The first-order valence-electron chi connectivity index (χ1n) is 3.36. The standard InChI is InChI=1S/C6H8FN3O2/c7-6(1-2-6)3-9-10-5(12)4(8)11/h3H,1-2H2,(H2,8,11)(H,10,12)/b9-3+. The van der Waals surface area contributed by atoms with E-state index in [1.54, 1.807) is 5.43 Å². The number of hydrogen-bond donors (Lipinski definition) is 2. The van der Waals surface area contributed by atoms with Gasteiger partial charge in [-0.2, -0.15) is 5.10 Å². The van der Waals surface area contributed by atoms with Crippen LogP contribution in [0.15, 0.2) is 5.10 Å². The number of amides is 2. The van der Waals surface area contributed by atoms with Gasteiger partial charge in [-0.05, 0) is 12.8 Å². The second-order valence-electron chi connectivity index (χ2n) is 2.60. The summed E-state index contributed by atoms with van der Waals surface area (Å²) in [6.45, 7) is 0. The van der Waals surface area contributed by atoms with Crippen LogP contribution in [0.1, 0.15) is 12.8 Å². The van der Waals surface area contributed by atoms with Crippen molar-refractivity contribution in [3.8, 4) is 0 Å². The summed E-state index contributed by atoms with van der Waals surface area (Å²) in [6, 6.07) is 0. The smallest absolute Gasteiger partial charge is 0.329 e. The number of carbonyl (C=O) groups is 2. The monoisotopic (exact) mass is 173 g/mol. The van der Waals surface area contributed by atoms with Gasteiger partial charge in [0.1, 0.15) is 5.67 Å². The Morgan fingerprint density at radius 1 is 1.58 bits per heavy atom. The van der Waals surface area contributed by atoms with Crippen LogP contribution in [-0.2, 0) is 9.59 Å². The SMILES string of the molecule is NC(=O)C(=O)N/N=C/C1(F)CC1. The van der Waals surface area contributed by atoms with Crippen LogP contribution in [0.4, 0.5) is 4.39 Å². The predicted octanol–water partition coefficient (Wildman–Crippen LogP) is -0.924. The number of hydrogen-bond acceptors (Lipinski definition) is 3. The highest BCUT2D eigenvalue weighted by molar-refractivity contribution is 6.34. The molecule has 1 aliphatic carbocycles. The number of alkyl halides is 1. The lowest BCUT2D eigenvalue weighted by molar-refractivity contribution is -0.137. The van der Waals surface area contributed by atoms with Crippen molar-refractivity contribution in [1.29, 1.82) is 0 Å². The van der Waals surface area contributed by atoms with Gasteiger partial charge in [-0.15, -0.1) is 0 Å². The Morgan fingerprint density at radius 3 is 2.58 bits per heavy atom. The quantitative estimate of drug-likeness (QED) is 0.321. The van der Waals surface area contributed by atoms with Crippen molar-refractivity contribution in [3.63, 3.8) is 0 Å². The Hall–Kier alpha value is -1.46. The molecule has 0 aliphatic heterocycles. The second kappa shape index (κ2) is 2.88. The van der Waals surface area contributed by atoms with Crippen LogP contribution in [0.5, 0.6) is 0 Å². The van der Waals surface area contributed by atoms with Crippen molar-refractivity contribution in [2.24, 2.45) is 10.8 Å². The largest absolute Gasteiger partial charge is 0.361 e. The van der Waals surface area contributed by atoms with E-state index in [0.717, 1.165) is 6.21 Å². The van der Waals surface area contributed by atoms with Gasteiger partial charge < -0.3 is 5.73 Å². The third-order valence-corrected chi connectivity index (χ3v) is 1.41. The van der Waals surface area contributed by atoms with Gasteiger partial charge in [0.05, 0.1) is 6.21 Å². The Kier molecular flexibility index (Phi) is 2.07. The zero-order valence-electron chi connectivity index (χ0n) is 6.21. The lowest BCUT2D eigenvalue weighted by atomic mass is 10.4. The van der Waals surface area contributed by atoms with Gasteiger partial charge in [-0.25, -0.2) is 9.82 Å². The summed E-state index contributed by atoms with van der Waals surface area (Å²) >= 11 is 0. The number of halogens is 1. The molecule has 1 aliphatic rings. The van der Waals surface area contributed by atoms with Crippen molar-refractivity contribution < 1.29 is 14.0 Å². The van der Waals surface area contributed by atoms with Crippen LogP contribution in [-0.4, -0.2) is 23.7 Å². The molecule has 66 valence electrons. The molecular weight excluding hydrogens is 165 g/mol. The summed E-state index contributed by atoms with van der Waals surface area (Å²) in [4.78, 5) is 20.5. The molecule has 1 rings (SSSR count). The number of nitrogens with one attached hydrogen (secondary N) is 1. The molecule has 3 N–H and O–H groups in total. The Bertz CT molecular complexity index is 247. The maximum absolute atomic E-state index is 12.7. The minimum absolute atomic E-state index is 0.406. The molecule has 0 radical (unpaired) electrons. The minimum atomic E-state index is -1.38. The number of hydrazone groups is 1. The van der Waals surface area contributed by atoms with Gasteiger partial charge in [0.15, 0.2) is 0 Å². The van der Waals surface area contributed by atoms with E-state index >= 15 is 0 Å². The highest BCUT2D eigenvalue weighted by Crippen LogP contribution is 2.37. The van der Waals surface area contributed by atoms with Crippen molar-refractivity contribution >= 4 is 18.0 Å². The Balaban J connectivity index is 2.29. The van der Waals surface area contributed by atoms with Gasteiger partial charge in [0, 0.05) is 0 Å². The van der Waals surface area contributed by atoms with Crippen molar-refractivity contribution in [1.82, 2.24) is 5.43 Å². The van der Waals surface area contributed by atoms with E-state index in [0.29, 0.717) is 12.8 Å². The molecule has 0 aromatic carbocycles. The number of nitrogens with two attached hydrogens (primary N) is 1. The maximum atomic E-state index is 12.7. The molecule has 0 aromatic heterocycles. The van der Waals surface area contributed by atoms with Crippen molar-refractivity contribution in [2.45, 2.75) is 18.5 Å². The summed E-state index contributed by atoms with van der Waals surface area (Å²) in [5, 5.41) is 3.23. The molecule has 1 saturated carbocycles. The van der Waals surface area contributed by atoms with Crippen LogP contribution < -0.4 is 11.2 Å². The fourth-order valence-corrected chi connectivity index (χ4v) is 0.510. The molecule has 0 heterocycles. The molecule has 2 amide bonds. The average molecular weight is 173 g/mol.